The van der Waals surface area contributed by atoms with Gasteiger partial charge in [-0.05, 0) is 38.0 Å². The molecule has 1 fully saturated rings. The van der Waals surface area contributed by atoms with Crippen LogP contribution >= 0.6 is 11.6 Å². The minimum Gasteiger partial charge on any atom is -0.376 e. The van der Waals surface area contributed by atoms with Crippen molar-refractivity contribution in [3.63, 3.8) is 0 Å². The SMILES string of the molecule is CC(C1CCCO1)n1c(N)nc2cc(Cl)ccc21. The highest BCUT2D eigenvalue weighted by Gasteiger charge is 2.26. The highest BCUT2D eigenvalue weighted by molar-refractivity contribution is 6.31. The van der Waals surface area contributed by atoms with Gasteiger partial charge >= 0.3 is 0 Å². The predicted molar refractivity (Wildman–Crippen MR) is 72.8 cm³/mol. The predicted octanol–water partition coefficient (Wildman–Crippen LogP) is 3.01. The van der Waals surface area contributed by atoms with Gasteiger partial charge in [0.1, 0.15) is 0 Å². The molecule has 1 aliphatic heterocycles. The van der Waals surface area contributed by atoms with Gasteiger partial charge in [0.15, 0.2) is 0 Å². The van der Waals surface area contributed by atoms with Crippen molar-refractivity contribution in [3.05, 3.63) is 23.2 Å². The Morgan fingerprint density at radius 1 is 1.56 bits per heavy atom. The molecule has 5 heteroatoms. The number of imidazole rings is 1. The third kappa shape index (κ3) is 1.85. The summed E-state index contributed by atoms with van der Waals surface area (Å²) in [6, 6.07) is 5.86. The third-order valence-electron chi connectivity index (χ3n) is 3.59. The van der Waals surface area contributed by atoms with Crippen LogP contribution in [-0.4, -0.2) is 22.3 Å². The highest BCUT2D eigenvalue weighted by atomic mass is 35.5. The lowest BCUT2D eigenvalue weighted by Crippen LogP contribution is -2.22. The Bertz CT molecular complexity index is 575. The number of anilines is 1. The maximum atomic E-state index is 6.03. The molecule has 1 aromatic carbocycles. The first-order chi connectivity index (χ1) is 8.66. The molecule has 18 heavy (non-hydrogen) atoms. The third-order valence-corrected chi connectivity index (χ3v) is 3.82. The van der Waals surface area contributed by atoms with Crippen LogP contribution in [0.2, 0.25) is 5.02 Å². The monoisotopic (exact) mass is 265 g/mol. The Morgan fingerprint density at radius 2 is 2.39 bits per heavy atom. The molecule has 0 spiro atoms. The summed E-state index contributed by atoms with van der Waals surface area (Å²) in [5, 5.41) is 0.678. The van der Waals surface area contributed by atoms with E-state index in [1.165, 1.54) is 0 Å². The van der Waals surface area contributed by atoms with Gasteiger partial charge in [0.25, 0.3) is 0 Å². The van der Waals surface area contributed by atoms with E-state index < -0.39 is 0 Å². The summed E-state index contributed by atoms with van der Waals surface area (Å²) in [5.41, 5.74) is 7.88. The Morgan fingerprint density at radius 3 is 3.11 bits per heavy atom. The Labute approximate surface area is 111 Å². The Balaban J connectivity index is 2.07. The lowest BCUT2D eigenvalue weighted by Gasteiger charge is -2.21. The van der Waals surface area contributed by atoms with Gasteiger partial charge in [-0.15, -0.1) is 0 Å². The fourth-order valence-corrected chi connectivity index (χ4v) is 2.83. The maximum Gasteiger partial charge on any atom is 0.201 e. The fourth-order valence-electron chi connectivity index (χ4n) is 2.67. The first-order valence-corrected chi connectivity index (χ1v) is 6.59. The first-order valence-electron chi connectivity index (χ1n) is 6.21. The van der Waals surface area contributed by atoms with Crippen molar-refractivity contribution in [1.29, 1.82) is 0 Å². The number of ether oxygens (including phenoxy) is 1. The molecule has 2 heterocycles. The van der Waals surface area contributed by atoms with Gasteiger partial charge in [-0.1, -0.05) is 11.6 Å². The molecule has 1 saturated heterocycles. The standard InChI is InChI=1S/C13H16ClN3O/c1-8(12-3-2-6-18-12)17-11-5-4-9(14)7-10(11)16-13(17)15/h4-5,7-8,12H,2-3,6H2,1H3,(H2,15,16). The van der Waals surface area contributed by atoms with E-state index in [1.54, 1.807) is 0 Å². The van der Waals surface area contributed by atoms with Crippen molar-refractivity contribution < 1.29 is 4.74 Å². The summed E-state index contributed by atoms with van der Waals surface area (Å²) < 4.78 is 7.78. The zero-order valence-corrected chi connectivity index (χ0v) is 11.0. The summed E-state index contributed by atoms with van der Waals surface area (Å²) in [7, 11) is 0. The average Bonchev–Trinajstić information content (AvgIpc) is 2.94. The number of aromatic nitrogens is 2. The average molecular weight is 266 g/mol. The Kier molecular flexibility index (Phi) is 2.92. The maximum absolute atomic E-state index is 6.03. The molecule has 0 saturated carbocycles. The van der Waals surface area contributed by atoms with E-state index in [0.717, 1.165) is 30.5 Å². The van der Waals surface area contributed by atoms with E-state index in [1.807, 2.05) is 22.8 Å². The number of halogens is 1. The van der Waals surface area contributed by atoms with Crippen LogP contribution in [0.15, 0.2) is 18.2 Å². The number of nitrogens with two attached hydrogens (primary N) is 1. The van der Waals surface area contributed by atoms with Crippen molar-refractivity contribution >= 4 is 28.6 Å². The quantitative estimate of drug-likeness (QED) is 0.908. The van der Waals surface area contributed by atoms with Crippen LogP contribution in [0.4, 0.5) is 5.95 Å². The number of hydrogen-bond donors (Lipinski definition) is 1. The van der Waals surface area contributed by atoms with Crippen LogP contribution in [0.25, 0.3) is 11.0 Å². The number of nitrogen functional groups attached to an aromatic ring is 1. The topological polar surface area (TPSA) is 53.1 Å². The number of fused-ring (bicyclic) bond motifs is 1. The van der Waals surface area contributed by atoms with Crippen molar-refractivity contribution in [2.45, 2.75) is 31.9 Å². The molecular weight excluding hydrogens is 250 g/mol. The number of nitrogens with zero attached hydrogens (tertiary/aromatic N) is 2. The lowest BCUT2D eigenvalue weighted by atomic mass is 10.1. The van der Waals surface area contributed by atoms with E-state index in [0.29, 0.717) is 11.0 Å². The largest absolute Gasteiger partial charge is 0.376 e. The Hall–Kier alpha value is -1.26. The van der Waals surface area contributed by atoms with E-state index in [4.69, 9.17) is 22.1 Å². The summed E-state index contributed by atoms with van der Waals surface area (Å²) in [5.74, 6) is 0.523. The minimum absolute atomic E-state index is 0.193. The molecule has 0 amide bonds. The molecule has 4 nitrogen and oxygen atoms in total. The van der Waals surface area contributed by atoms with Crippen LogP contribution in [0.5, 0.6) is 0 Å². The van der Waals surface area contributed by atoms with Crippen LogP contribution in [-0.2, 0) is 4.74 Å². The molecule has 2 N–H and O–H groups in total. The van der Waals surface area contributed by atoms with E-state index in [-0.39, 0.29) is 12.1 Å². The number of benzene rings is 1. The van der Waals surface area contributed by atoms with Crippen LogP contribution in [0, 0.1) is 0 Å². The van der Waals surface area contributed by atoms with Crippen molar-refractivity contribution in [1.82, 2.24) is 9.55 Å². The van der Waals surface area contributed by atoms with Crippen molar-refractivity contribution in [2.75, 3.05) is 12.3 Å². The van der Waals surface area contributed by atoms with Crippen LogP contribution < -0.4 is 5.73 Å². The lowest BCUT2D eigenvalue weighted by molar-refractivity contribution is 0.0751. The molecule has 96 valence electrons. The zero-order chi connectivity index (χ0) is 12.7. The summed E-state index contributed by atoms with van der Waals surface area (Å²) in [4.78, 5) is 4.37. The molecule has 1 aliphatic rings. The van der Waals surface area contributed by atoms with Gasteiger partial charge in [-0.3, -0.25) is 0 Å². The highest BCUT2D eigenvalue weighted by Crippen LogP contribution is 2.30. The van der Waals surface area contributed by atoms with Gasteiger partial charge in [-0.2, -0.15) is 0 Å². The minimum atomic E-state index is 0.193. The van der Waals surface area contributed by atoms with Gasteiger partial charge in [0.2, 0.25) is 5.95 Å². The smallest absolute Gasteiger partial charge is 0.201 e. The van der Waals surface area contributed by atoms with Crippen LogP contribution in [0.3, 0.4) is 0 Å². The molecule has 0 bridgehead atoms. The molecule has 1 aromatic heterocycles. The van der Waals surface area contributed by atoms with Gasteiger partial charge < -0.3 is 15.0 Å². The second-order valence-electron chi connectivity index (χ2n) is 4.77. The fraction of sp³-hybridized carbons (Fsp3) is 0.462. The zero-order valence-electron chi connectivity index (χ0n) is 10.3. The van der Waals surface area contributed by atoms with Gasteiger partial charge in [-0.25, -0.2) is 4.98 Å². The molecule has 0 aliphatic carbocycles. The molecular formula is C13H16ClN3O. The number of hydrogen-bond acceptors (Lipinski definition) is 3. The summed E-state index contributed by atoms with van der Waals surface area (Å²) in [6.07, 6.45) is 2.42. The van der Waals surface area contributed by atoms with E-state index in [9.17, 15) is 0 Å². The second-order valence-corrected chi connectivity index (χ2v) is 5.20. The summed E-state index contributed by atoms with van der Waals surface area (Å²) in [6.45, 7) is 2.97. The first kappa shape index (κ1) is 11.8. The molecule has 2 aromatic rings. The molecule has 0 radical (unpaired) electrons. The van der Waals surface area contributed by atoms with Crippen molar-refractivity contribution in [3.8, 4) is 0 Å². The van der Waals surface area contributed by atoms with Crippen molar-refractivity contribution in [2.24, 2.45) is 0 Å². The summed E-state index contributed by atoms with van der Waals surface area (Å²) >= 11 is 5.97. The van der Waals surface area contributed by atoms with Crippen LogP contribution in [0.1, 0.15) is 25.8 Å². The van der Waals surface area contributed by atoms with E-state index >= 15 is 0 Å². The van der Waals surface area contributed by atoms with Gasteiger partial charge in [0.05, 0.1) is 23.2 Å². The van der Waals surface area contributed by atoms with E-state index in [2.05, 4.69) is 11.9 Å². The normalized spacial score (nSPS) is 21.6. The molecule has 2 unspecified atom stereocenters. The second kappa shape index (κ2) is 4.44. The molecule has 3 rings (SSSR count). The van der Waals surface area contributed by atoms with Gasteiger partial charge in [0, 0.05) is 11.6 Å². The molecule has 2 atom stereocenters. The number of rotatable bonds is 2.